The quantitative estimate of drug-likeness (QED) is 0.522. The van der Waals surface area contributed by atoms with Gasteiger partial charge in [-0.1, -0.05) is 45.0 Å². The van der Waals surface area contributed by atoms with Gasteiger partial charge in [-0.25, -0.2) is 0 Å². The van der Waals surface area contributed by atoms with Gasteiger partial charge in [0.1, 0.15) is 5.69 Å². The molecule has 4 rings (SSSR count). The van der Waals surface area contributed by atoms with Crippen molar-refractivity contribution in [1.82, 2.24) is 14.4 Å². The fraction of sp³-hybridized carbons (Fsp3) is 0.435. The first kappa shape index (κ1) is 20.6. The maximum atomic E-state index is 13.3. The zero-order chi connectivity index (χ0) is 20.8. The normalized spacial score (nSPS) is 16.0. The second kappa shape index (κ2) is 7.89. The predicted octanol–water partition coefficient (Wildman–Crippen LogP) is 5.20. The highest BCUT2D eigenvalue weighted by molar-refractivity contribution is 9.11. The van der Waals surface area contributed by atoms with Crippen molar-refractivity contribution in [2.45, 2.75) is 32.7 Å². The molecular weight excluding hydrogens is 446 g/mol. The van der Waals surface area contributed by atoms with Gasteiger partial charge in [0.05, 0.1) is 14.0 Å². The van der Waals surface area contributed by atoms with Crippen molar-refractivity contribution in [3.05, 3.63) is 57.0 Å². The zero-order valence-corrected chi connectivity index (χ0v) is 19.9. The molecule has 0 atom stereocenters. The van der Waals surface area contributed by atoms with Crippen LogP contribution < -0.4 is 0 Å². The number of halogens is 1. The molecule has 2 aromatic heterocycles. The minimum Gasteiger partial charge on any atom is -0.335 e. The Morgan fingerprint density at radius 3 is 2.34 bits per heavy atom. The Morgan fingerprint density at radius 1 is 1.07 bits per heavy atom. The fourth-order valence-electron chi connectivity index (χ4n) is 3.82. The number of nitrogens with zero attached hydrogens (tertiary/aromatic N) is 3. The van der Waals surface area contributed by atoms with E-state index in [0.29, 0.717) is 6.54 Å². The van der Waals surface area contributed by atoms with E-state index in [1.165, 1.54) is 11.1 Å². The summed E-state index contributed by atoms with van der Waals surface area (Å²) in [4.78, 5) is 17.6. The van der Waals surface area contributed by atoms with Crippen LogP contribution in [0.25, 0.3) is 10.2 Å². The van der Waals surface area contributed by atoms with E-state index >= 15 is 0 Å². The summed E-state index contributed by atoms with van der Waals surface area (Å²) in [7, 11) is 2.11. The number of aromatic nitrogens is 1. The lowest BCUT2D eigenvalue weighted by Crippen LogP contribution is -2.47. The molecule has 0 bridgehead atoms. The maximum absolute atomic E-state index is 13.3. The third-order valence-electron chi connectivity index (χ3n) is 5.73. The lowest BCUT2D eigenvalue weighted by atomic mass is 9.87. The Bertz CT molecular complexity index is 1020. The molecule has 29 heavy (non-hydrogen) atoms. The molecule has 4 nitrogen and oxygen atoms in total. The fourth-order valence-corrected chi connectivity index (χ4v) is 5.39. The Balaban J connectivity index is 1.67. The second-order valence-corrected chi connectivity index (χ2v) is 11.4. The molecular formula is C23H28BrN3OS. The van der Waals surface area contributed by atoms with Crippen LogP contribution in [0.2, 0.25) is 0 Å². The van der Waals surface area contributed by atoms with Gasteiger partial charge in [0.25, 0.3) is 5.91 Å². The van der Waals surface area contributed by atoms with Crippen LogP contribution in [0.1, 0.15) is 42.4 Å². The Kier molecular flexibility index (Phi) is 5.62. The Labute approximate surface area is 185 Å². The highest BCUT2D eigenvalue weighted by Gasteiger charge is 2.25. The molecule has 0 spiro atoms. The smallest absolute Gasteiger partial charge is 0.270 e. The number of hydrogen-bond donors (Lipinski definition) is 0. The zero-order valence-electron chi connectivity index (χ0n) is 17.5. The van der Waals surface area contributed by atoms with Gasteiger partial charge in [-0.05, 0) is 51.7 Å². The summed E-state index contributed by atoms with van der Waals surface area (Å²) in [6.45, 7) is 10.8. The second-order valence-electron chi connectivity index (χ2n) is 8.96. The third kappa shape index (κ3) is 4.30. The molecule has 6 heteroatoms. The lowest BCUT2D eigenvalue weighted by Gasteiger charge is -2.32. The van der Waals surface area contributed by atoms with E-state index in [1.54, 1.807) is 11.3 Å². The molecule has 0 unspecified atom stereocenters. The van der Waals surface area contributed by atoms with Crippen molar-refractivity contribution < 1.29 is 4.79 Å². The van der Waals surface area contributed by atoms with E-state index in [-0.39, 0.29) is 11.3 Å². The summed E-state index contributed by atoms with van der Waals surface area (Å²) in [5, 5.41) is 0. The van der Waals surface area contributed by atoms with Crippen LogP contribution >= 0.6 is 27.3 Å². The summed E-state index contributed by atoms with van der Waals surface area (Å²) in [5.74, 6) is 0.143. The van der Waals surface area contributed by atoms with Crippen LogP contribution in [-0.4, -0.2) is 53.5 Å². The van der Waals surface area contributed by atoms with Crippen molar-refractivity contribution in [3.63, 3.8) is 0 Å². The van der Waals surface area contributed by atoms with Gasteiger partial charge in [-0.2, -0.15) is 0 Å². The number of fused-ring (bicyclic) bond motifs is 1. The highest BCUT2D eigenvalue weighted by Crippen LogP contribution is 2.33. The van der Waals surface area contributed by atoms with Gasteiger partial charge in [0.2, 0.25) is 0 Å². The Hall–Kier alpha value is -1.63. The SMILES string of the molecule is CN1CCN(C(=O)c2cc3sc(Br)cc3n2Cc2ccc(C(C)(C)C)cc2)CC1. The number of carbonyl (C=O) groups excluding carboxylic acids is 1. The number of amides is 1. The van der Waals surface area contributed by atoms with Gasteiger partial charge in [0, 0.05) is 32.7 Å². The van der Waals surface area contributed by atoms with E-state index in [0.717, 1.165) is 45.9 Å². The monoisotopic (exact) mass is 473 g/mol. The first-order valence-electron chi connectivity index (χ1n) is 10.1. The molecule has 3 heterocycles. The largest absolute Gasteiger partial charge is 0.335 e. The van der Waals surface area contributed by atoms with Crippen molar-refractivity contribution in [2.24, 2.45) is 0 Å². The number of carbonyl (C=O) groups is 1. The standard InChI is InChI=1S/C23H28BrN3OS/c1-23(2,3)17-7-5-16(6-8-17)15-27-18-14-21(24)29-20(18)13-19(27)22(28)26-11-9-25(4)10-12-26/h5-8,13-14H,9-12,15H2,1-4H3. The van der Waals surface area contributed by atoms with Crippen molar-refractivity contribution in [2.75, 3.05) is 33.2 Å². The average molecular weight is 474 g/mol. The number of benzene rings is 1. The van der Waals surface area contributed by atoms with Crippen LogP contribution in [0.15, 0.2) is 40.2 Å². The molecule has 0 N–H and O–H groups in total. The van der Waals surface area contributed by atoms with E-state index < -0.39 is 0 Å². The van der Waals surface area contributed by atoms with Crippen LogP contribution in [0.4, 0.5) is 0 Å². The summed E-state index contributed by atoms with van der Waals surface area (Å²) >= 11 is 5.29. The van der Waals surface area contributed by atoms with E-state index in [1.807, 2.05) is 4.90 Å². The van der Waals surface area contributed by atoms with Gasteiger partial charge in [-0.15, -0.1) is 11.3 Å². The average Bonchev–Trinajstić information content (AvgIpc) is 3.18. The van der Waals surface area contributed by atoms with Crippen LogP contribution in [0, 0.1) is 0 Å². The summed E-state index contributed by atoms with van der Waals surface area (Å²) in [6.07, 6.45) is 0. The molecule has 0 radical (unpaired) electrons. The molecule has 0 saturated carbocycles. The maximum Gasteiger partial charge on any atom is 0.270 e. The molecule has 3 aromatic rings. The van der Waals surface area contributed by atoms with E-state index in [9.17, 15) is 4.79 Å². The first-order chi connectivity index (χ1) is 13.7. The first-order valence-corrected chi connectivity index (χ1v) is 11.7. The van der Waals surface area contributed by atoms with Gasteiger partial charge >= 0.3 is 0 Å². The molecule has 1 aliphatic rings. The van der Waals surface area contributed by atoms with Crippen LogP contribution in [0.3, 0.4) is 0 Å². The lowest BCUT2D eigenvalue weighted by molar-refractivity contribution is 0.0654. The number of rotatable bonds is 3. The number of hydrogen-bond acceptors (Lipinski definition) is 3. The molecule has 1 aromatic carbocycles. The van der Waals surface area contributed by atoms with Crippen molar-refractivity contribution in [1.29, 1.82) is 0 Å². The topological polar surface area (TPSA) is 28.5 Å². The van der Waals surface area contributed by atoms with Crippen LogP contribution in [-0.2, 0) is 12.0 Å². The summed E-state index contributed by atoms with van der Waals surface area (Å²) in [6, 6.07) is 13.0. The van der Waals surface area contributed by atoms with Gasteiger partial charge < -0.3 is 14.4 Å². The molecule has 1 saturated heterocycles. The van der Waals surface area contributed by atoms with Crippen molar-refractivity contribution in [3.8, 4) is 0 Å². The molecule has 1 fully saturated rings. The molecule has 1 aliphatic heterocycles. The number of thiophene rings is 1. The highest BCUT2D eigenvalue weighted by atomic mass is 79.9. The molecule has 154 valence electrons. The summed E-state index contributed by atoms with van der Waals surface area (Å²) in [5.41, 5.74) is 4.60. The predicted molar refractivity (Wildman–Crippen MR) is 125 cm³/mol. The van der Waals surface area contributed by atoms with Crippen molar-refractivity contribution >= 4 is 43.4 Å². The number of piperazine rings is 1. The Morgan fingerprint density at radius 2 is 1.72 bits per heavy atom. The summed E-state index contributed by atoms with van der Waals surface area (Å²) < 4.78 is 4.43. The molecule has 1 amide bonds. The van der Waals surface area contributed by atoms with Gasteiger partial charge in [0.15, 0.2) is 0 Å². The number of likely N-dealkylation sites (N-methyl/N-ethyl adjacent to an activating group) is 1. The van der Waals surface area contributed by atoms with E-state index in [4.69, 9.17) is 0 Å². The van der Waals surface area contributed by atoms with Crippen LogP contribution in [0.5, 0.6) is 0 Å². The van der Waals surface area contributed by atoms with Gasteiger partial charge in [-0.3, -0.25) is 4.79 Å². The minimum absolute atomic E-state index is 0.139. The molecule has 0 aliphatic carbocycles. The third-order valence-corrected chi connectivity index (χ3v) is 7.30. The van der Waals surface area contributed by atoms with E-state index in [2.05, 4.69) is 89.6 Å². The minimum atomic E-state index is 0.139.